The Balaban J connectivity index is 2.28. The molecule has 1 aromatic carbocycles. The Morgan fingerprint density at radius 1 is 1.40 bits per heavy atom. The summed E-state index contributed by atoms with van der Waals surface area (Å²) in [5.74, 6) is -1.69. The molecule has 0 aliphatic carbocycles. The number of carbonyl (C=O) groups is 2. The van der Waals surface area contributed by atoms with Crippen LogP contribution in [0.1, 0.15) is 25.8 Å². The average Bonchev–Trinajstić information content (AvgIpc) is 2.83. The first-order valence-corrected chi connectivity index (χ1v) is 9.37. The van der Waals surface area contributed by atoms with Gasteiger partial charge in [0, 0.05) is 5.03 Å². The van der Waals surface area contributed by atoms with Crippen LogP contribution in [-0.2, 0) is 9.59 Å². The molecule has 0 saturated carbocycles. The van der Waals surface area contributed by atoms with Crippen molar-refractivity contribution >= 4 is 57.9 Å². The highest BCUT2D eigenvalue weighted by Gasteiger charge is 2.42. The molecule has 1 aliphatic rings. The predicted octanol–water partition coefficient (Wildman–Crippen LogP) is 4.51. The van der Waals surface area contributed by atoms with Gasteiger partial charge in [0.15, 0.2) is 0 Å². The number of benzene rings is 1. The van der Waals surface area contributed by atoms with E-state index in [1.54, 1.807) is 13.0 Å². The summed E-state index contributed by atoms with van der Waals surface area (Å²) < 4.78 is 0.244. The minimum absolute atomic E-state index is 0.213. The van der Waals surface area contributed by atoms with Crippen LogP contribution in [0.15, 0.2) is 46.3 Å². The van der Waals surface area contributed by atoms with Crippen LogP contribution in [-0.4, -0.2) is 32.2 Å². The highest BCUT2D eigenvalue weighted by molar-refractivity contribution is 8.26. The second-order valence-electron chi connectivity index (χ2n) is 5.66. The Morgan fingerprint density at radius 3 is 2.60 bits per heavy atom. The summed E-state index contributed by atoms with van der Waals surface area (Å²) in [4.78, 5) is 25.8. The minimum Gasteiger partial charge on any atom is -0.480 e. The summed E-state index contributed by atoms with van der Waals surface area (Å²) in [7, 11) is 0. The van der Waals surface area contributed by atoms with Crippen molar-refractivity contribution in [3.05, 3.63) is 51.9 Å². The molecule has 0 spiro atoms. The number of thiocarbonyl (C=S) groups is 1. The van der Waals surface area contributed by atoms with Gasteiger partial charge in [-0.1, -0.05) is 86.2 Å². The van der Waals surface area contributed by atoms with Crippen molar-refractivity contribution in [2.45, 2.75) is 26.3 Å². The summed E-state index contributed by atoms with van der Waals surface area (Å²) in [5.41, 5.74) is 0.905. The van der Waals surface area contributed by atoms with Gasteiger partial charge in [-0.3, -0.25) is 9.69 Å². The molecule has 0 unspecified atom stereocenters. The third-order valence-electron chi connectivity index (χ3n) is 3.91. The lowest BCUT2D eigenvalue weighted by atomic mass is 9.98. The molecule has 1 aliphatic heterocycles. The number of allylic oxidation sites excluding steroid dienone is 2. The van der Waals surface area contributed by atoms with Crippen LogP contribution in [0.4, 0.5) is 0 Å². The minimum atomic E-state index is -1.06. The number of carboxylic acid groups (broad SMARTS) is 1. The summed E-state index contributed by atoms with van der Waals surface area (Å²) in [6.45, 7) is 3.68. The number of nitrogens with zero attached hydrogens (tertiary/aromatic N) is 1. The van der Waals surface area contributed by atoms with E-state index in [-0.39, 0.29) is 10.2 Å². The van der Waals surface area contributed by atoms with Crippen LogP contribution < -0.4 is 0 Å². The molecule has 4 nitrogen and oxygen atoms in total. The molecule has 1 N–H and O–H groups in total. The van der Waals surface area contributed by atoms with E-state index in [1.165, 1.54) is 11.0 Å². The Kier molecular flexibility index (Phi) is 6.81. The average molecular weight is 396 g/mol. The predicted molar refractivity (Wildman–Crippen MR) is 106 cm³/mol. The lowest BCUT2D eigenvalue weighted by Crippen LogP contribution is -2.47. The van der Waals surface area contributed by atoms with Gasteiger partial charge in [0.2, 0.25) is 0 Å². The van der Waals surface area contributed by atoms with Gasteiger partial charge in [-0.15, -0.1) is 0 Å². The summed E-state index contributed by atoms with van der Waals surface area (Å²) >= 11 is 12.5. The standard InChI is InChI=1S/C18H18ClNO3S2/c1-3-11(2)15(17(22)23)20-16(21)14(25-18(20)24)10-13(19)9-12-7-5-4-6-8-12/h4-11,15H,3H2,1-2H3,(H,22,23)/b13-9-,14-10-/t11-,15+/m0/s1. The Bertz CT molecular complexity index is 746. The maximum absolute atomic E-state index is 12.7. The van der Waals surface area contributed by atoms with Crippen LogP contribution in [0.3, 0.4) is 0 Å². The third-order valence-corrected chi connectivity index (χ3v) is 5.46. The second-order valence-corrected chi connectivity index (χ2v) is 7.77. The Morgan fingerprint density at radius 2 is 2.04 bits per heavy atom. The van der Waals surface area contributed by atoms with Gasteiger partial charge < -0.3 is 5.11 Å². The van der Waals surface area contributed by atoms with Crippen LogP contribution >= 0.6 is 35.6 Å². The molecule has 1 amide bonds. The molecule has 1 fully saturated rings. The van der Waals surface area contributed by atoms with E-state index in [1.807, 2.05) is 37.3 Å². The topological polar surface area (TPSA) is 57.6 Å². The van der Waals surface area contributed by atoms with Gasteiger partial charge in [0.1, 0.15) is 10.4 Å². The number of amides is 1. The van der Waals surface area contributed by atoms with Gasteiger partial charge >= 0.3 is 5.97 Å². The van der Waals surface area contributed by atoms with Crippen molar-refractivity contribution in [2.24, 2.45) is 5.92 Å². The van der Waals surface area contributed by atoms with E-state index >= 15 is 0 Å². The number of rotatable bonds is 6. The van der Waals surface area contributed by atoms with Crippen molar-refractivity contribution in [1.82, 2.24) is 4.90 Å². The van der Waals surface area contributed by atoms with Crippen LogP contribution in [0.25, 0.3) is 6.08 Å². The van der Waals surface area contributed by atoms with Crippen LogP contribution in [0.5, 0.6) is 0 Å². The quantitative estimate of drug-likeness (QED) is 0.567. The van der Waals surface area contributed by atoms with Crippen molar-refractivity contribution in [2.75, 3.05) is 0 Å². The Hall–Kier alpha value is -1.63. The molecule has 132 valence electrons. The molecule has 1 heterocycles. The molecule has 7 heteroatoms. The summed E-state index contributed by atoms with van der Waals surface area (Å²) in [5, 5.41) is 9.89. The summed E-state index contributed by atoms with van der Waals surface area (Å²) in [6, 6.07) is 8.49. The fourth-order valence-corrected chi connectivity index (χ4v) is 4.05. The number of hydrogen-bond donors (Lipinski definition) is 1. The van der Waals surface area contributed by atoms with E-state index in [4.69, 9.17) is 23.8 Å². The van der Waals surface area contributed by atoms with Crippen molar-refractivity contribution in [3.8, 4) is 0 Å². The number of carboxylic acids is 1. The molecule has 2 rings (SSSR count). The molecule has 0 radical (unpaired) electrons. The molecular formula is C18H18ClNO3S2. The fraction of sp³-hybridized carbons (Fsp3) is 0.278. The molecule has 25 heavy (non-hydrogen) atoms. The maximum Gasteiger partial charge on any atom is 0.327 e. The molecule has 0 aromatic heterocycles. The lowest BCUT2D eigenvalue weighted by molar-refractivity contribution is -0.147. The van der Waals surface area contributed by atoms with Gasteiger partial charge in [-0.05, 0) is 23.6 Å². The zero-order chi connectivity index (χ0) is 18.6. The third kappa shape index (κ3) is 4.71. The second kappa shape index (κ2) is 8.65. The Labute approximate surface area is 161 Å². The smallest absolute Gasteiger partial charge is 0.327 e. The van der Waals surface area contributed by atoms with E-state index in [0.29, 0.717) is 16.4 Å². The van der Waals surface area contributed by atoms with E-state index in [2.05, 4.69) is 0 Å². The molecule has 1 saturated heterocycles. The fourth-order valence-electron chi connectivity index (χ4n) is 2.43. The van der Waals surface area contributed by atoms with E-state index in [0.717, 1.165) is 17.3 Å². The highest BCUT2D eigenvalue weighted by atomic mass is 35.5. The van der Waals surface area contributed by atoms with Crippen molar-refractivity contribution in [3.63, 3.8) is 0 Å². The first kappa shape index (κ1) is 19.7. The molecule has 2 atom stereocenters. The number of carbonyl (C=O) groups excluding carboxylic acids is 1. The maximum atomic E-state index is 12.7. The lowest BCUT2D eigenvalue weighted by Gasteiger charge is -2.27. The number of aliphatic carboxylic acids is 1. The molecule has 0 bridgehead atoms. The largest absolute Gasteiger partial charge is 0.480 e. The highest BCUT2D eigenvalue weighted by Crippen LogP contribution is 2.36. The normalized spacial score (nSPS) is 19.4. The van der Waals surface area contributed by atoms with Gasteiger partial charge in [0.25, 0.3) is 5.91 Å². The molecular weight excluding hydrogens is 378 g/mol. The first-order valence-electron chi connectivity index (χ1n) is 7.77. The van der Waals surface area contributed by atoms with Crippen molar-refractivity contribution < 1.29 is 14.7 Å². The number of halogens is 1. The first-order chi connectivity index (χ1) is 11.8. The zero-order valence-electron chi connectivity index (χ0n) is 13.8. The number of thioether (sulfide) groups is 1. The van der Waals surface area contributed by atoms with Gasteiger partial charge in [-0.2, -0.15) is 0 Å². The summed E-state index contributed by atoms with van der Waals surface area (Å²) in [6.07, 6.45) is 3.89. The SMILES string of the molecule is CC[C@H](C)[C@H](C(=O)O)N1C(=O)/C(=C/C(Cl)=C/c2ccccc2)SC1=S. The molecule has 1 aromatic rings. The van der Waals surface area contributed by atoms with Gasteiger partial charge in [0.05, 0.1) is 4.91 Å². The number of hydrogen-bond acceptors (Lipinski definition) is 4. The van der Waals surface area contributed by atoms with Crippen LogP contribution in [0, 0.1) is 5.92 Å². The van der Waals surface area contributed by atoms with E-state index < -0.39 is 17.9 Å². The van der Waals surface area contributed by atoms with Crippen molar-refractivity contribution in [1.29, 1.82) is 0 Å². The van der Waals surface area contributed by atoms with E-state index in [9.17, 15) is 14.7 Å². The van der Waals surface area contributed by atoms with Crippen LogP contribution in [0.2, 0.25) is 0 Å². The van der Waals surface area contributed by atoms with Gasteiger partial charge in [-0.25, -0.2) is 4.79 Å². The monoisotopic (exact) mass is 395 g/mol. The zero-order valence-corrected chi connectivity index (χ0v) is 16.2.